The summed E-state index contributed by atoms with van der Waals surface area (Å²) in [6.07, 6.45) is 2.61. The summed E-state index contributed by atoms with van der Waals surface area (Å²) < 4.78 is 5.33. The van der Waals surface area contributed by atoms with Crippen molar-refractivity contribution in [2.24, 2.45) is 5.92 Å². The Morgan fingerprint density at radius 2 is 2.37 bits per heavy atom. The molecule has 2 unspecified atom stereocenters. The lowest BCUT2D eigenvalue weighted by molar-refractivity contribution is -0.143. The quantitative estimate of drug-likeness (QED) is 0.832. The minimum absolute atomic E-state index is 0.0220. The van der Waals surface area contributed by atoms with E-state index in [2.05, 4.69) is 16.8 Å². The predicted molar refractivity (Wildman–Crippen MR) is 70.9 cm³/mol. The Bertz CT molecular complexity index is 410. The molecule has 0 aliphatic carbocycles. The number of carboxylic acid groups (broad SMARTS) is 1. The summed E-state index contributed by atoms with van der Waals surface area (Å²) in [7, 11) is 0. The van der Waals surface area contributed by atoms with E-state index in [1.807, 2.05) is 18.2 Å². The summed E-state index contributed by atoms with van der Waals surface area (Å²) in [5.74, 6) is -1.18. The molecule has 104 valence electrons. The van der Waals surface area contributed by atoms with E-state index >= 15 is 0 Å². The highest BCUT2D eigenvalue weighted by atomic mass is 16.5. The Kier molecular flexibility index (Phi) is 4.87. The topological polar surface area (TPSA) is 62.7 Å². The molecule has 1 aromatic rings. The van der Waals surface area contributed by atoms with E-state index in [1.165, 1.54) is 0 Å². The molecule has 0 radical (unpaired) electrons. The predicted octanol–water partition coefficient (Wildman–Crippen LogP) is 1.05. The maximum absolute atomic E-state index is 11.2. The third-order valence-electron chi connectivity index (χ3n) is 3.62. The van der Waals surface area contributed by atoms with Crippen LogP contribution < -0.4 is 0 Å². The second-order valence-electron chi connectivity index (χ2n) is 4.75. The van der Waals surface area contributed by atoms with Crippen molar-refractivity contribution in [3.8, 4) is 0 Å². The Hall–Kier alpha value is -1.46. The van der Waals surface area contributed by atoms with Crippen LogP contribution in [0.3, 0.4) is 0 Å². The van der Waals surface area contributed by atoms with Crippen molar-refractivity contribution >= 4 is 5.97 Å². The van der Waals surface area contributed by atoms with Gasteiger partial charge in [-0.1, -0.05) is 13.0 Å². The van der Waals surface area contributed by atoms with E-state index in [0.29, 0.717) is 13.2 Å². The first kappa shape index (κ1) is 14.0. The van der Waals surface area contributed by atoms with Crippen LogP contribution in [0.2, 0.25) is 0 Å². The Morgan fingerprint density at radius 3 is 3.00 bits per heavy atom. The number of aliphatic carboxylic acids is 1. The molecule has 1 aliphatic rings. The number of carboxylic acids is 1. The highest BCUT2D eigenvalue weighted by molar-refractivity contribution is 5.71. The van der Waals surface area contributed by atoms with Crippen molar-refractivity contribution in [1.82, 2.24) is 9.88 Å². The fraction of sp³-hybridized carbons (Fsp3) is 0.571. The molecule has 19 heavy (non-hydrogen) atoms. The van der Waals surface area contributed by atoms with Crippen LogP contribution in [0.4, 0.5) is 0 Å². The van der Waals surface area contributed by atoms with Gasteiger partial charge in [-0.3, -0.25) is 14.7 Å². The zero-order valence-electron chi connectivity index (χ0n) is 11.2. The average molecular weight is 264 g/mol. The van der Waals surface area contributed by atoms with Gasteiger partial charge in [0.15, 0.2) is 0 Å². The monoisotopic (exact) mass is 264 g/mol. The summed E-state index contributed by atoms with van der Waals surface area (Å²) in [4.78, 5) is 17.7. The molecule has 2 rings (SSSR count). The number of ether oxygens (including phenoxy) is 1. The highest BCUT2D eigenvalue weighted by Gasteiger charge is 2.37. The van der Waals surface area contributed by atoms with Crippen LogP contribution >= 0.6 is 0 Å². The van der Waals surface area contributed by atoms with Crippen molar-refractivity contribution in [1.29, 1.82) is 0 Å². The largest absolute Gasteiger partial charge is 0.481 e. The van der Waals surface area contributed by atoms with Gasteiger partial charge in [-0.25, -0.2) is 0 Å². The zero-order valence-corrected chi connectivity index (χ0v) is 11.2. The van der Waals surface area contributed by atoms with E-state index in [0.717, 1.165) is 25.2 Å². The minimum atomic E-state index is -0.765. The van der Waals surface area contributed by atoms with Gasteiger partial charge in [0.2, 0.25) is 0 Å². The first-order valence-electron chi connectivity index (χ1n) is 6.67. The van der Waals surface area contributed by atoms with E-state index in [-0.39, 0.29) is 6.04 Å². The van der Waals surface area contributed by atoms with Crippen LogP contribution in [0.1, 0.15) is 12.6 Å². The molecular weight excluding hydrogens is 244 g/mol. The summed E-state index contributed by atoms with van der Waals surface area (Å²) in [5.41, 5.74) is 1.03. The van der Waals surface area contributed by atoms with Crippen molar-refractivity contribution < 1.29 is 14.6 Å². The van der Waals surface area contributed by atoms with Crippen molar-refractivity contribution in [2.75, 3.05) is 26.3 Å². The fourth-order valence-electron chi connectivity index (χ4n) is 2.50. The summed E-state index contributed by atoms with van der Waals surface area (Å²) in [6.45, 7) is 4.51. The maximum atomic E-state index is 11.2. The average Bonchev–Trinajstić information content (AvgIpc) is 2.90. The van der Waals surface area contributed by atoms with Crippen LogP contribution in [0.25, 0.3) is 0 Å². The van der Waals surface area contributed by atoms with Gasteiger partial charge in [0.05, 0.1) is 19.1 Å². The Balaban J connectivity index is 1.94. The van der Waals surface area contributed by atoms with E-state index in [4.69, 9.17) is 4.74 Å². The van der Waals surface area contributed by atoms with E-state index in [1.54, 1.807) is 6.20 Å². The number of hydrogen-bond donors (Lipinski definition) is 1. The normalized spacial score (nSPS) is 22.8. The summed E-state index contributed by atoms with van der Waals surface area (Å²) >= 11 is 0. The number of hydrogen-bond acceptors (Lipinski definition) is 4. The molecule has 1 aliphatic heterocycles. The highest BCUT2D eigenvalue weighted by Crippen LogP contribution is 2.20. The molecule has 0 bridgehead atoms. The molecule has 5 nitrogen and oxygen atoms in total. The lowest BCUT2D eigenvalue weighted by Crippen LogP contribution is -2.44. The Morgan fingerprint density at radius 1 is 1.53 bits per heavy atom. The third kappa shape index (κ3) is 3.52. The lowest BCUT2D eigenvalue weighted by Gasteiger charge is -2.28. The third-order valence-corrected chi connectivity index (χ3v) is 3.62. The van der Waals surface area contributed by atoms with Crippen LogP contribution in [-0.4, -0.2) is 53.3 Å². The van der Waals surface area contributed by atoms with Gasteiger partial charge < -0.3 is 9.84 Å². The SMILES string of the molecule is CCN(CCc1ccccn1)C1COCC1C(=O)O. The first-order valence-corrected chi connectivity index (χ1v) is 6.67. The molecule has 2 heterocycles. The van der Waals surface area contributed by atoms with Crippen LogP contribution in [-0.2, 0) is 16.0 Å². The molecule has 0 aromatic carbocycles. The fourth-order valence-corrected chi connectivity index (χ4v) is 2.50. The van der Waals surface area contributed by atoms with Crippen LogP contribution in [0.15, 0.2) is 24.4 Å². The summed E-state index contributed by atoms with van der Waals surface area (Å²) in [5, 5.41) is 9.19. The molecule has 1 fully saturated rings. The molecule has 0 saturated carbocycles. The number of aromatic nitrogens is 1. The summed E-state index contributed by atoms with van der Waals surface area (Å²) in [6, 6.07) is 5.84. The second kappa shape index (κ2) is 6.63. The van der Waals surface area contributed by atoms with Gasteiger partial charge in [-0.05, 0) is 18.7 Å². The van der Waals surface area contributed by atoms with Gasteiger partial charge in [0.1, 0.15) is 0 Å². The van der Waals surface area contributed by atoms with Gasteiger partial charge >= 0.3 is 5.97 Å². The number of carbonyl (C=O) groups is 1. The first-order chi connectivity index (χ1) is 9.22. The molecule has 5 heteroatoms. The van der Waals surface area contributed by atoms with Gasteiger partial charge in [-0.15, -0.1) is 0 Å². The van der Waals surface area contributed by atoms with Gasteiger partial charge in [0.25, 0.3) is 0 Å². The maximum Gasteiger partial charge on any atom is 0.310 e. The molecular formula is C14H20N2O3. The number of likely N-dealkylation sites (N-methyl/N-ethyl adjacent to an activating group) is 1. The minimum Gasteiger partial charge on any atom is -0.481 e. The molecule has 0 amide bonds. The van der Waals surface area contributed by atoms with Gasteiger partial charge in [0, 0.05) is 30.9 Å². The van der Waals surface area contributed by atoms with Crippen LogP contribution in [0, 0.1) is 5.92 Å². The molecule has 1 N–H and O–H groups in total. The number of pyridine rings is 1. The number of nitrogens with zero attached hydrogens (tertiary/aromatic N) is 2. The molecule has 1 aromatic heterocycles. The van der Waals surface area contributed by atoms with Gasteiger partial charge in [-0.2, -0.15) is 0 Å². The Labute approximate surface area is 113 Å². The van der Waals surface area contributed by atoms with E-state index < -0.39 is 11.9 Å². The number of rotatable bonds is 6. The van der Waals surface area contributed by atoms with E-state index in [9.17, 15) is 9.90 Å². The smallest absolute Gasteiger partial charge is 0.310 e. The molecule has 0 spiro atoms. The van der Waals surface area contributed by atoms with Crippen molar-refractivity contribution in [2.45, 2.75) is 19.4 Å². The zero-order chi connectivity index (χ0) is 13.7. The molecule has 2 atom stereocenters. The van der Waals surface area contributed by atoms with Crippen molar-refractivity contribution in [3.63, 3.8) is 0 Å². The van der Waals surface area contributed by atoms with Crippen LogP contribution in [0.5, 0.6) is 0 Å². The second-order valence-corrected chi connectivity index (χ2v) is 4.75. The standard InChI is InChI=1S/C14H20N2O3/c1-2-16(8-6-11-5-3-4-7-15-11)13-10-19-9-12(13)14(17)18/h3-5,7,12-13H,2,6,8-10H2,1H3,(H,17,18). The lowest BCUT2D eigenvalue weighted by atomic mass is 10.0. The molecule has 1 saturated heterocycles. The van der Waals surface area contributed by atoms with Crippen molar-refractivity contribution in [3.05, 3.63) is 30.1 Å².